The summed E-state index contributed by atoms with van der Waals surface area (Å²) in [6.07, 6.45) is 3.06. The first-order valence-electron chi connectivity index (χ1n) is 7.41. The average molecular weight is 272 g/mol. The van der Waals surface area contributed by atoms with Gasteiger partial charge in [-0.1, -0.05) is 25.1 Å². The van der Waals surface area contributed by atoms with Gasteiger partial charge in [0, 0.05) is 25.2 Å². The highest BCUT2D eigenvalue weighted by atomic mass is 16.2. The predicted molar refractivity (Wildman–Crippen MR) is 77.5 cm³/mol. The van der Waals surface area contributed by atoms with E-state index in [0.29, 0.717) is 13.0 Å². The van der Waals surface area contributed by atoms with Crippen molar-refractivity contribution in [2.45, 2.75) is 38.6 Å². The van der Waals surface area contributed by atoms with Crippen LogP contribution in [0, 0.1) is 0 Å². The number of amides is 2. The summed E-state index contributed by atoms with van der Waals surface area (Å²) < 4.78 is 0. The fourth-order valence-corrected chi connectivity index (χ4v) is 3.28. The van der Waals surface area contributed by atoms with Crippen molar-refractivity contribution >= 4 is 17.5 Å². The first kappa shape index (κ1) is 13.2. The maximum atomic E-state index is 12.8. The zero-order valence-corrected chi connectivity index (χ0v) is 11.8. The van der Waals surface area contributed by atoms with E-state index in [2.05, 4.69) is 13.0 Å². The zero-order valence-electron chi connectivity index (χ0n) is 11.8. The largest absolute Gasteiger partial charge is 0.331 e. The third-order valence-electron chi connectivity index (χ3n) is 4.34. The molecule has 0 spiro atoms. The molecular weight excluding hydrogens is 252 g/mol. The minimum Gasteiger partial charge on any atom is -0.331 e. The van der Waals surface area contributed by atoms with Crippen LogP contribution < -0.4 is 4.90 Å². The van der Waals surface area contributed by atoms with Gasteiger partial charge in [0.25, 0.3) is 0 Å². The van der Waals surface area contributed by atoms with Gasteiger partial charge in [0.2, 0.25) is 11.8 Å². The van der Waals surface area contributed by atoms with Crippen LogP contribution >= 0.6 is 0 Å². The molecule has 1 aromatic rings. The molecule has 0 saturated carbocycles. The van der Waals surface area contributed by atoms with Gasteiger partial charge in [-0.3, -0.25) is 9.59 Å². The lowest BCUT2D eigenvalue weighted by Gasteiger charge is -2.26. The molecule has 2 aliphatic heterocycles. The van der Waals surface area contributed by atoms with Gasteiger partial charge in [0.15, 0.2) is 0 Å². The van der Waals surface area contributed by atoms with Crippen molar-refractivity contribution in [3.63, 3.8) is 0 Å². The Labute approximate surface area is 119 Å². The summed E-state index contributed by atoms with van der Waals surface area (Å²) in [6, 6.07) is 7.77. The van der Waals surface area contributed by atoms with Gasteiger partial charge >= 0.3 is 0 Å². The number of anilines is 1. The Morgan fingerprint density at radius 2 is 2.00 bits per heavy atom. The van der Waals surface area contributed by atoms with Crippen LogP contribution in [0.3, 0.4) is 0 Å². The Bertz CT molecular complexity index is 541. The van der Waals surface area contributed by atoms with Gasteiger partial charge in [-0.25, -0.2) is 0 Å². The number of benzene rings is 1. The lowest BCUT2D eigenvalue weighted by atomic mass is 10.1. The summed E-state index contributed by atoms with van der Waals surface area (Å²) >= 11 is 0. The number of carbonyl (C=O) groups is 2. The van der Waals surface area contributed by atoms with Crippen LogP contribution in [0.25, 0.3) is 0 Å². The molecule has 0 bridgehead atoms. The van der Waals surface area contributed by atoms with Crippen molar-refractivity contribution in [1.82, 2.24) is 4.90 Å². The molecule has 0 aromatic heterocycles. The van der Waals surface area contributed by atoms with E-state index in [1.807, 2.05) is 23.1 Å². The Kier molecular flexibility index (Phi) is 3.47. The van der Waals surface area contributed by atoms with Gasteiger partial charge in [-0.2, -0.15) is 0 Å². The molecule has 2 aliphatic rings. The second-order valence-electron chi connectivity index (χ2n) is 5.47. The summed E-state index contributed by atoms with van der Waals surface area (Å²) in [7, 11) is 0. The first-order valence-corrected chi connectivity index (χ1v) is 7.41. The summed E-state index contributed by atoms with van der Waals surface area (Å²) in [4.78, 5) is 28.5. The van der Waals surface area contributed by atoms with E-state index in [4.69, 9.17) is 0 Å². The van der Waals surface area contributed by atoms with Gasteiger partial charge in [0.05, 0.1) is 0 Å². The number of hydrogen-bond acceptors (Lipinski definition) is 2. The van der Waals surface area contributed by atoms with Crippen LogP contribution in [0.15, 0.2) is 24.3 Å². The Morgan fingerprint density at radius 3 is 2.80 bits per heavy atom. The molecule has 4 heteroatoms. The molecule has 106 valence electrons. The zero-order chi connectivity index (χ0) is 14.1. The van der Waals surface area contributed by atoms with E-state index in [1.54, 1.807) is 4.90 Å². The highest BCUT2D eigenvalue weighted by Crippen LogP contribution is 2.29. The molecule has 2 saturated heterocycles. The summed E-state index contributed by atoms with van der Waals surface area (Å²) in [5.74, 6) is 0.214. The van der Waals surface area contributed by atoms with E-state index in [-0.39, 0.29) is 17.9 Å². The summed E-state index contributed by atoms with van der Waals surface area (Å²) in [5, 5.41) is 0. The minimum absolute atomic E-state index is 0.0919. The smallest absolute Gasteiger partial charge is 0.249 e. The third-order valence-corrected chi connectivity index (χ3v) is 4.34. The van der Waals surface area contributed by atoms with Gasteiger partial charge in [0.1, 0.15) is 6.04 Å². The van der Waals surface area contributed by atoms with Crippen molar-refractivity contribution in [3.05, 3.63) is 29.8 Å². The first-order chi connectivity index (χ1) is 9.72. The number of para-hydroxylation sites is 1. The lowest BCUT2D eigenvalue weighted by Crippen LogP contribution is -2.44. The predicted octanol–water partition coefficient (Wildman–Crippen LogP) is 1.98. The van der Waals surface area contributed by atoms with Crippen LogP contribution in [0.2, 0.25) is 0 Å². The van der Waals surface area contributed by atoms with E-state index >= 15 is 0 Å². The van der Waals surface area contributed by atoms with Crippen LogP contribution in [-0.2, 0) is 16.0 Å². The fourth-order valence-electron chi connectivity index (χ4n) is 3.28. The van der Waals surface area contributed by atoms with Gasteiger partial charge in [-0.15, -0.1) is 0 Å². The van der Waals surface area contributed by atoms with Crippen molar-refractivity contribution in [2.75, 3.05) is 18.0 Å². The number of nitrogens with zero attached hydrogens (tertiary/aromatic N) is 2. The minimum atomic E-state index is -0.241. The number of rotatable bonds is 2. The van der Waals surface area contributed by atoms with Crippen molar-refractivity contribution in [2.24, 2.45) is 0 Å². The fraction of sp³-hybridized carbons (Fsp3) is 0.500. The van der Waals surface area contributed by atoms with Crippen LogP contribution in [0.5, 0.6) is 0 Å². The Balaban J connectivity index is 1.97. The summed E-state index contributed by atoms with van der Waals surface area (Å²) in [6.45, 7) is 3.33. The molecule has 1 aromatic carbocycles. The maximum absolute atomic E-state index is 12.8. The molecule has 20 heavy (non-hydrogen) atoms. The van der Waals surface area contributed by atoms with E-state index in [9.17, 15) is 9.59 Å². The molecular formula is C16H20N2O2. The number of fused-ring (bicyclic) bond motifs is 1. The molecule has 2 heterocycles. The Hall–Kier alpha value is -1.84. The van der Waals surface area contributed by atoms with Crippen molar-refractivity contribution in [3.8, 4) is 0 Å². The van der Waals surface area contributed by atoms with Crippen molar-refractivity contribution < 1.29 is 9.59 Å². The summed E-state index contributed by atoms with van der Waals surface area (Å²) in [5.41, 5.74) is 2.14. The second-order valence-corrected chi connectivity index (χ2v) is 5.47. The molecule has 2 amide bonds. The molecule has 1 unspecified atom stereocenters. The molecule has 2 fully saturated rings. The number of aryl methyl sites for hydroxylation is 1. The van der Waals surface area contributed by atoms with Gasteiger partial charge in [-0.05, 0) is 30.9 Å². The van der Waals surface area contributed by atoms with Crippen LogP contribution in [0.1, 0.15) is 31.7 Å². The third kappa shape index (κ3) is 2.09. The molecule has 0 radical (unpaired) electrons. The van der Waals surface area contributed by atoms with E-state index < -0.39 is 0 Å². The molecule has 0 aliphatic carbocycles. The quantitative estimate of drug-likeness (QED) is 0.826. The second kappa shape index (κ2) is 5.27. The monoisotopic (exact) mass is 272 g/mol. The standard InChI is InChI=1S/C16H20N2O2/c1-2-12-6-3-4-7-13(12)18-11-9-15(19)17-10-5-8-14(17)16(18)20/h3-4,6-7,14H,2,5,8-11H2,1H3. The van der Waals surface area contributed by atoms with E-state index in [1.165, 1.54) is 5.56 Å². The molecule has 1 atom stereocenters. The lowest BCUT2D eigenvalue weighted by molar-refractivity contribution is -0.135. The SMILES string of the molecule is CCc1ccccc1N1CCC(=O)N2CCCC2C1=O. The number of hydrogen-bond donors (Lipinski definition) is 0. The topological polar surface area (TPSA) is 40.6 Å². The Morgan fingerprint density at radius 1 is 1.20 bits per heavy atom. The average Bonchev–Trinajstić information content (AvgIpc) is 2.93. The van der Waals surface area contributed by atoms with Crippen LogP contribution in [0.4, 0.5) is 5.69 Å². The highest BCUT2D eigenvalue weighted by Gasteiger charge is 2.39. The molecule has 0 N–H and O–H groups in total. The number of carbonyl (C=O) groups excluding carboxylic acids is 2. The van der Waals surface area contributed by atoms with Crippen molar-refractivity contribution in [1.29, 1.82) is 0 Å². The maximum Gasteiger partial charge on any atom is 0.249 e. The highest BCUT2D eigenvalue weighted by molar-refractivity contribution is 6.02. The normalized spacial score (nSPS) is 22.9. The van der Waals surface area contributed by atoms with E-state index in [0.717, 1.165) is 31.5 Å². The van der Waals surface area contributed by atoms with Crippen LogP contribution in [-0.4, -0.2) is 35.8 Å². The molecule has 3 rings (SSSR count). The molecule has 4 nitrogen and oxygen atoms in total. The van der Waals surface area contributed by atoms with Gasteiger partial charge < -0.3 is 9.80 Å².